The Kier molecular flexibility index (Phi) is 3.06. The van der Waals surface area contributed by atoms with Crippen LogP contribution in [0.1, 0.15) is 35.9 Å². The standard InChI is InChI=1S/C11H10BrNO4/c1-5(2)10-8(11(14)15)9(13-17-10)6-3-4-7(12)16-6/h3-5H,1-2H3,(H,14,15). The average molecular weight is 300 g/mol. The Bertz CT molecular complexity index is 556. The van der Waals surface area contributed by atoms with Crippen LogP contribution >= 0.6 is 15.9 Å². The predicted octanol–water partition coefficient (Wildman–Crippen LogP) is 3.52. The first kappa shape index (κ1) is 11.9. The molecule has 5 nitrogen and oxygen atoms in total. The number of hydrogen-bond donors (Lipinski definition) is 1. The Balaban J connectivity index is 2.59. The monoisotopic (exact) mass is 299 g/mol. The molecule has 0 radical (unpaired) electrons. The highest BCUT2D eigenvalue weighted by molar-refractivity contribution is 9.10. The van der Waals surface area contributed by atoms with Gasteiger partial charge in [0.2, 0.25) is 0 Å². The minimum atomic E-state index is -1.07. The van der Waals surface area contributed by atoms with Gasteiger partial charge in [0.15, 0.2) is 21.9 Å². The van der Waals surface area contributed by atoms with Crippen LogP contribution < -0.4 is 0 Å². The average Bonchev–Trinajstić information content (AvgIpc) is 2.82. The molecule has 0 saturated heterocycles. The molecule has 0 spiro atoms. The summed E-state index contributed by atoms with van der Waals surface area (Å²) in [5.41, 5.74) is 0.272. The summed E-state index contributed by atoms with van der Waals surface area (Å²) < 4.78 is 10.9. The number of aromatic nitrogens is 1. The molecule has 0 amide bonds. The van der Waals surface area contributed by atoms with E-state index in [9.17, 15) is 9.90 Å². The lowest BCUT2D eigenvalue weighted by Gasteiger charge is -2.00. The van der Waals surface area contributed by atoms with Crippen LogP contribution in [0.15, 0.2) is 25.7 Å². The second kappa shape index (κ2) is 4.37. The summed E-state index contributed by atoms with van der Waals surface area (Å²) in [7, 11) is 0. The van der Waals surface area contributed by atoms with E-state index in [4.69, 9.17) is 8.94 Å². The van der Waals surface area contributed by atoms with Crippen LogP contribution in [0.4, 0.5) is 0 Å². The van der Waals surface area contributed by atoms with Gasteiger partial charge in [-0.3, -0.25) is 0 Å². The number of furan rings is 1. The molecule has 0 atom stereocenters. The zero-order valence-corrected chi connectivity index (χ0v) is 10.8. The zero-order chi connectivity index (χ0) is 12.6. The molecule has 2 heterocycles. The number of hydrogen-bond acceptors (Lipinski definition) is 4. The van der Waals surface area contributed by atoms with Crippen molar-refractivity contribution in [2.45, 2.75) is 19.8 Å². The Morgan fingerprint density at radius 3 is 2.65 bits per heavy atom. The normalized spacial score (nSPS) is 11.1. The number of carboxylic acid groups (broad SMARTS) is 1. The van der Waals surface area contributed by atoms with E-state index in [2.05, 4.69) is 21.1 Å². The minimum absolute atomic E-state index is 0.0549. The lowest BCUT2D eigenvalue weighted by molar-refractivity contribution is 0.0694. The predicted molar refractivity (Wildman–Crippen MR) is 63.0 cm³/mol. The fourth-order valence-corrected chi connectivity index (χ4v) is 1.82. The van der Waals surface area contributed by atoms with Gasteiger partial charge in [0.1, 0.15) is 5.56 Å². The van der Waals surface area contributed by atoms with E-state index in [1.807, 2.05) is 13.8 Å². The van der Waals surface area contributed by atoms with Gasteiger partial charge in [-0.2, -0.15) is 0 Å². The Morgan fingerprint density at radius 1 is 1.47 bits per heavy atom. The third-order valence-electron chi connectivity index (χ3n) is 2.26. The summed E-state index contributed by atoms with van der Waals surface area (Å²) in [5.74, 6) is -0.414. The van der Waals surface area contributed by atoms with Crippen LogP contribution in [0.2, 0.25) is 0 Å². The van der Waals surface area contributed by atoms with Crippen molar-refractivity contribution in [1.82, 2.24) is 5.16 Å². The molecule has 0 aliphatic heterocycles. The van der Waals surface area contributed by atoms with Gasteiger partial charge in [-0.15, -0.1) is 0 Å². The summed E-state index contributed by atoms with van der Waals surface area (Å²) in [4.78, 5) is 11.2. The van der Waals surface area contributed by atoms with Gasteiger partial charge in [0, 0.05) is 5.92 Å². The van der Waals surface area contributed by atoms with Crippen LogP contribution in [0.3, 0.4) is 0 Å². The van der Waals surface area contributed by atoms with Crippen LogP contribution in [-0.4, -0.2) is 16.2 Å². The van der Waals surface area contributed by atoms with E-state index in [1.165, 1.54) is 0 Å². The van der Waals surface area contributed by atoms with Gasteiger partial charge < -0.3 is 14.0 Å². The molecule has 2 aromatic rings. The van der Waals surface area contributed by atoms with Crippen LogP contribution in [0.25, 0.3) is 11.5 Å². The maximum absolute atomic E-state index is 11.2. The number of carbonyl (C=O) groups is 1. The van der Waals surface area contributed by atoms with E-state index in [1.54, 1.807) is 12.1 Å². The van der Waals surface area contributed by atoms with E-state index < -0.39 is 5.97 Å². The lowest BCUT2D eigenvalue weighted by atomic mass is 10.0. The molecule has 2 aromatic heterocycles. The summed E-state index contributed by atoms with van der Waals surface area (Å²) >= 11 is 3.15. The summed E-state index contributed by atoms with van der Waals surface area (Å²) in [6, 6.07) is 3.31. The third-order valence-corrected chi connectivity index (χ3v) is 2.69. The highest BCUT2D eigenvalue weighted by Gasteiger charge is 2.26. The molecule has 0 saturated carbocycles. The van der Waals surface area contributed by atoms with Crippen LogP contribution in [0.5, 0.6) is 0 Å². The number of carboxylic acids is 1. The summed E-state index contributed by atoms with van der Waals surface area (Å²) in [6.45, 7) is 3.68. The zero-order valence-electron chi connectivity index (χ0n) is 9.23. The van der Waals surface area contributed by atoms with E-state index >= 15 is 0 Å². The van der Waals surface area contributed by atoms with Crippen molar-refractivity contribution in [3.63, 3.8) is 0 Å². The largest absolute Gasteiger partial charge is 0.477 e. The smallest absolute Gasteiger partial charge is 0.341 e. The third kappa shape index (κ3) is 2.12. The van der Waals surface area contributed by atoms with Gasteiger partial charge in [-0.25, -0.2) is 4.79 Å². The molecule has 0 unspecified atom stereocenters. The molecule has 1 N–H and O–H groups in total. The fourth-order valence-electron chi connectivity index (χ4n) is 1.51. The maximum Gasteiger partial charge on any atom is 0.341 e. The molecule has 0 aliphatic rings. The van der Waals surface area contributed by atoms with Crippen molar-refractivity contribution in [2.24, 2.45) is 0 Å². The van der Waals surface area contributed by atoms with Gasteiger partial charge in [-0.05, 0) is 28.1 Å². The molecular weight excluding hydrogens is 290 g/mol. The highest BCUT2D eigenvalue weighted by atomic mass is 79.9. The van der Waals surface area contributed by atoms with Crippen LogP contribution in [0, 0.1) is 0 Å². The second-order valence-electron chi connectivity index (χ2n) is 3.83. The summed E-state index contributed by atoms with van der Waals surface area (Å²) in [6.07, 6.45) is 0. The number of halogens is 1. The van der Waals surface area contributed by atoms with Gasteiger partial charge in [-0.1, -0.05) is 19.0 Å². The Hall–Kier alpha value is -1.56. The van der Waals surface area contributed by atoms with E-state index in [0.29, 0.717) is 16.2 Å². The first-order valence-electron chi connectivity index (χ1n) is 4.99. The first-order valence-corrected chi connectivity index (χ1v) is 5.78. The first-order chi connectivity index (χ1) is 8.00. The molecular formula is C11H10BrNO4. The number of rotatable bonds is 3. The molecule has 17 heavy (non-hydrogen) atoms. The second-order valence-corrected chi connectivity index (χ2v) is 4.62. The van der Waals surface area contributed by atoms with Crippen molar-refractivity contribution in [3.05, 3.63) is 28.1 Å². The molecule has 0 aromatic carbocycles. The fraction of sp³-hybridized carbons (Fsp3) is 0.273. The highest BCUT2D eigenvalue weighted by Crippen LogP contribution is 2.31. The molecule has 2 rings (SSSR count). The van der Waals surface area contributed by atoms with Crippen molar-refractivity contribution in [3.8, 4) is 11.5 Å². The molecule has 0 aliphatic carbocycles. The van der Waals surface area contributed by atoms with E-state index in [0.717, 1.165) is 0 Å². The Labute approximate surface area is 106 Å². The maximum atomic E-state index is 11.2. The quantitative estimate of drug-likeness (QED) is 0.938. The Morgan fingerprint density at radius 2 is 2.18 bits per heavy atom. The summed E-state index contributed by atoms with van der Waals surface area (Å²) in [5, 5.41) is 13.0. The number of aromatic carboxylic acids is 1. The van der Waals surface area contributed by atoms with Crippen LogP contribution in [-0.2, 0) is 0 Å². The SMILES string of the molecule is CC(C)c1onc(-c2ccc(Br)o2)c1C(=O)O. The van der Waals surface area contributed by atoms with Gasteiger partial charge >= 0.3 is 5.97 Å². The molecule has 0 bridgehead atoms. The molecule has 90 valence electrons. The van der Waals surface area contributed by atoms with Gasteiger partial charge in [0.25, 0.3) is 0 Å². The topological polar surface area (TPSA) is 76.5 Å². The van der Waals surface area contributed by atoms with Crippen molar-refractivity contribution < 1.29 is 18.8 Å². The van der Waals surface area contributed by atoms with Crippen molar-refractivity contribution in [1.29, 1.82) is 0 Å². The minimum Gasteiger partial charge on any atom is -0.477 e. The van der Waals surface area contributed by atoms with Crippen molar-refractivity contribution in [2.75, 3.05) is 0 Å². The molecule has 0 fully saturated rings. The van der Waals surface area contributed by atoms with Crippen molar-refractivity contribution >= 4 is 21.9 Å². The lowest BCUT2D eigenvalue weighted by Crippen LogP contribution is -2.02. The molecule has 6 heteroatoms. The number of nitrogens with zero attached hydrogens (tertiary/aromatic N) is 1. The van der Waals surface area contributed by atoms with Gasteiger partial charge in [0.05, 0.1) is 0 Å². The van der Waals surface area contributed by atoms with E-state index in [-0.39, 0.29) is 17.2 Å².